The number of Topliss-reactive ketones (excluding diaryl/α,β-unsaturated/α-hetero) is 1. The fourth-order valence-corrected chi connectivity index (χ4v) is 2.17. The second kappa shape index (κ2) is 5.71. The first kappa shape index (κ1) is 13.4. The molecule has 0 atom stereocenters. The summed E-state index contributed by atoms with van der Waals surface area (Å²) < 4.78 is 4.02. The van der Waals surface area contributed by atoms with Gasteiger partial charge in [-0.25, -0.2) is 4.98 Å². The van der Waals surface area contributed by atoms with Crippen LogP contribution in [0.5, 0.6) is 0 Å². The average molecular weight is 275 g/mol. The number of anilines is 1. The van der Waals surface area contributed by atoms with Crippen LogP contribution in [-0.4, -0.2) is 21.0 Å². The van der Waals surface area contributed by atoms with Gasteiger partial charge in [0.2, 0.25) is 5.13 Å². The lowest BCUT2D eigenvalue weighted by Crippen LogP contribution is -2.13. The number of nitrogens with zero attached hydrogens (tertiary/aromatic N) is 2. The number of carbonyl (C=O) groups is 2. The van der Waals surface area contributed by atoms with Crippen molar-refractivity contribution in [2.24, 2.45) is 0 Å². The Morgan fingerprint density at radius 1 is 1.32 bits per heavy atom. The molecule has 1 amide bonds. The van der Waals surface area contributed by atoms with Crippen LogP contribution in [-0.2, 0) is 11.2 Å². The highest BCUT2D eigenvalue weighted by atomic mass is 32.1. The van der Waals surface area contributed by atoms with Gasteiger partial charge in [-0.15, -0.1) is 0 Å². The number of hydrogen-bond acceptors (Lipinski definition) is 5. The topological polar surface area (TPSA) is 72.0 Å². The lowest BCUT2D eigenvalue weighted by Gasteiger charge is -2.03. The highest BCUT2D eigenvalue weighted by Crippen LogP contribution is 2.14. The molecule has 0 radical (unpaired) electrons. The van der Waals surface area contributed by atoms with Gasteiger partial charge in [-0.2, -0.15) is 4.37 Å². The van der Waals surface area contributed by atoms with Gasteiger partial charge in [-0.3, -0.25) is 14.9 Å². The van der Waals surface area contributed by atoms with E-state index in [1.54, 1.807) is 6.07 Å². The van der Waals surface area contributed by atoms with Gasteiger partial charge in [0.05, 0.1) is 6.42 Å². The summed E-state index contributed by atoms with van der Waals surface area (Å²) in [6.07, 6.45) is 0.191. The molecule has 0 aliphatic carbocycles. The minimum absolute atomic E-state index is 0.00502. The van der Waals surface area contributed by atoms with E-state index in [0.717, 1.165) is 17.1 Å². The minimum atomic E-state index is -0.219. The lowest BCUT2D eigenvalue weighted by atomic mass is 10.1. The fourth-order valence-electron chi connectivity index (χ4n) is 1.59. The van der Waals surface area contributed by atoms with Gasteiger partial charge < -0.3 is 0 Å². The van der Waals surface area contributed by atoms with E-state index in [2.05, 4.69) is 14.7 Å². The molecule has 2 rings (SSSR count). The maximum Gasteiger partial charge on any atom is 0.257 e. The zero-order valence-electron chi connectivity index (χ0n) is 10.6. The van der Waals surface area contributed by atoms with Crippen molar-refractivity contribution in [1.82, 2.24) is 9.36 Å². The predicted molar refractivity (Wildman–Crippen MR) is 73.4 cm³/mol. The summed E-state index contributed by atoms with van der Waals surface area (Å²) in [4.78, 5) is 27.1. The SMILES string of the molecule is CC(=O)Cc1nsc(NC(=O)c2ccccc2C)n1. The molecule has 0 saturated heterocycles. The highest BCUT2D eigenvalue weighted by molar-refractivity contribution is 7.09. The Kier molecular flexibility index (Phi) is 4.01. The zero-order valence-corrected chi connectivity index (χ0v) is 11.5. The molecule has 0 bridgehead atoms. The van der Waals surface area contributed by atoms with Crippen LogP contribution in [0, 0.1) is 6.92 Å². The van der Waals surface area contributed by atoms with Crippen LogP contribution in [0.2, 0.25) is 0 Å². The summed E-state index contributed by atoms with van der Waals surface area (Å²) in [7, 11) is 0. The summed E-state index contributed by atoms with van der Waals surface area (Å²) in [5, 5.41) is 3.09. The van der Waals surface area contributed by atoms with Crippen LogP contribution in [0.25, 0.3) is 0 Å². The van der Waals surface area contributed by atoms with E-state index in [1.165, 1.54) is 6.92 Å². The van der Waals surface area contributed by atoms with Gasteiger partial charge in [-0.05, 0) is 25.5 Å². The average Bonchev–Trinajstić information content (AvgIpc) is 2.76. The Hall–Kier alpha value is -2.08. The minimum Gasteiger partial charge on any atom is -0.300 e. The van der Waals surface area contributed by atoms with Gasteiger partial charge in [0, 0.05) is 17.1 Å². The Morgan fingerprint density at radius 3 is 2.74 bits per heavy atom. The van der Waals surface area contributed by atoms with Gasteiger partial charge >= 0.3 is 0 Å². The molecular weight excluding hydrogens is 262 g/mol. The van der Waals surface area contributed by atoms with E-state index < -0.39 is 0 Å². The predicted octanol–water partition coefficient (Wildman–Crippen LogP) is 2.23. The molecule has 1 aromatic carbocycles. The number of aromatic nitrogens is 2. The second-order valence-electron chi connectivity index (χ2n) is 4.16. The molecule has 19 heavy (non-hydrogen) atoms. The third kappa shape index (κ3) is 3.45. The first-order valence-corrected chi connectivity index (χ1v) is 6.52. The largest absolute Gasteiger partial charge is 0.300 e. The van der Waals surface area contributed by atoms with Crippen molar-refractivity contribution < 1.29 is 9.59 Å². The van der Waals surface area contributed by atoms with Crippen LogP contribution in [0.3, 0.4) is 0 Å². The van der Waals surface area contributed by atoms with Crippen LogP contribution in [0.1, 0.15) is 28.7 Å². The quantitative estimate of drug-likeness (QED) is 0.928. The second-order valence-corrected chi connectivity index (χ2v) is 4.92. The molecule has 2 aromatic rings. The molecule has 6 heteroatoms. The molecule has 5 nitrogen and oxygen atoms in total. The van der Waals surface area contributed by atoms with Crippen molar-refractivity contribution in [3.8, 4) is 0 Å². The highest BCUT2D eigenvalue weighted by Gasteiger charge is 2.12. The molecule has 1 aromatic heterocycles. The van der Waals surface area contributed by atoms with Crippen LogP contribution in [0.15, 0.2) is 24.3 Å². The number of carbonyl (C=O) groups excluding carboxylic acids is 2. The summed E-state index contributed by atoms with van der Waals surface area (Å²) in [6, 6.07) is 7.31. The molecule has 0 fully saturated rings. The number of ketones is 1. The monoisotopic (exact) mass is 275 g/mol. The zero-order chi connectivity index (χ0) is 13.8. The number of amides is 1. The molecule has 0 spiro atoms. The summed E-state index contributed by atoms with van der Waals surface area (Å²) >= 11 is 1.08. The van der Waals surface area contributed by atoms with Crippen LogP contribution >= 0.6 is 11.5 Å². The first-order valence-electron chi connectivity index (χ1n) is 5.75. The smallest absolute Gasteiger partial charge is 0.257 e. The number of nitrogens with one attached hydrogen (secondary N) is 1. The molecular formula is C13H13N3O2S. The van der Waals surface area contributed by atoms with E-state index in [0.29, 0.717) is 16.5 Å². The molecule has 98 valence electrons. The number of benzene rings is 1. The van der Waals surface area contributed by atoms with Crippen LogP contribution < -0.4 is 5.32 Å². The van der Waals surface area contributed by atoms with Gasteiger partial charge in [0.15, 0.2) is 5.82 Å². The molecule has 0 saturated carbocycles. The maximum atomic E-state index is 12.0. The Morgan fingerprint density at radius 2 is 2.05 bits per heavy atom. The third-order valence-corrected chi connectivity index (χ3v) is 3.15. The normalized spacial score (nSPS) is 10.2. The standard InChI is InChI=1S/C13H13N3O2S/c1-8-5-3-4-6-10(8)12(18)15-13-14-11(16-19-13)7-9(2)17/h3-6H,7H2,1-2H3,(H,14,15,16,18). The Bertz CT molecular complexity index is 622. The van der Waals surface area contributed by atoms with E-state index >= 15 is 0 Å². The van der Waals surface area contributed by atoms with Gasteiger partial charge in [0.1, 0.15) is 5.78 Å². The summed E-state index contributed by atoms with van der Waals surface area (Å²) in [5.41, 5.74) is 1.50. The van der Waals surface area contributed by atoms with Crippen molar-refractivity contribution >= 4 is 28.4 Å². The first-order chi connectivity index (χ1) is 9.06. The number of hydrogen-bond donors (Lipinski definition) is 1. The summed E-state index contributed by atoms with van der Waals surface area (Å²) in [5.74, 6) is 0.218. The Labute approximate surface area is 114 Å². The van der Waals surface area contributed by atoms with E-state index in [1.807, 2.05) is 25.1 Å². The fraction of sp³-hybridized carbons (Fsp3) is 0.231. The molecule has 1 heterocycles. The number of rotatable bonds is 4. The van der Waals surface area contributed by atoms with Gasteiger partial charge in [-0.1, -0.05) is 18.2 Å². The Balaban J connectivity index is 2.09. The van der Waals surface area contributed by atoms with E-state index in [9.17, 15) is 9.59 Å². The molecule has 0 unspecified atom stereocenters. The molecule has 1 N–H and O–H groups in total. The van der Waals surface area contributed by atoms with Crippen molar-refractivity contribution in [2.75, 3.05) is 5.32 Å². The van der Waals surface area contributed by atoms with Gasteiger partial charge in [0.25, 0.3) is 5.91 Å². The van der Waals surface area contributed by atoms with Crippen molar-refractivity contribution in [2.45, 2.75) is 20.3 Å². The van der Waals surface area contributed by atoms with Crippen molar-refractivity contribution in [1.29, 1.82) is 0 Å². The van der Waals surface area contributed by atoms with Crippen molar-refractivity contribution in [3.05, 3.63) is 41.2 Å². The van der Waals surface area contributed by atoms with Crippen LogP contribution in [0.4, 0.5) is 5.13 Å². The van der Waals surface area contributed by atoms with Crippen molar-refractivity contribution in [3.63, 3.8) is 0 Å². The third-order valence-electron chi connectivity index (χ3n) is 2.49. The number of aryl methyl sites for hydroxylation is 1. The molecule has 0 aliphatic heterocycles. The lowest BCUT2D eigenvalue weighted by molar-refractivity contribution is -0.116. The van der Waals surface area contributed by atoms with E-state index in [4.69, 9.17) is 0 Å². The van der Waals surface area contributed by atoms with E-state index in [-0.39, 0.29) is 18.1 Å². The summed E-state index contributed by atoms with van der Waals surface area (Å²) in [6.45, 7) is 3.35. The molecule has 0 aliphatic rings. The maximum absolute atomic E-state index is 12.0.